The molecule has 0 N–H and O–H groups in total. The fourth-order valence-electron chi connectivity index (χ4n) is 1.24. The van der Waals surface area contributed by atoms with E-state index in [2.05, 4.69) is 25.6 Å². The van der Waals surface area contributed by atoms with Crippen LogP contribution in [0.5, 0.6) is 0 Å². The first-order valence-corrected chi connectivity index (χ1v) is 4.13. The number of benzene rings is 1. The summed E-state index contributed by atoms with van der Waals surface area (Å²) in [5, 5.41) is 2.32. The summed E-state index contributed by atoms with van der Waals surface area (Å²) in [6.45, 7) is 8.09. The van der Waals surface area contributed by atoms with Crippen LogP contribution >= 0.6 is 0 Å². The summed E-state index contributed by atoms with van der Waals surface area (Å²) in [4.78, 5) is 0. The standard InChI is InChI=1S/C12H14/c1-4-7-10(2)12-9-6-5-8-11(12)3/h4-9H,3H2,1-2H3/b7-4-,12-10+. The van der Waals surface area contributed by atoms with Gasteiger partial charge >= 0.3 is 0 Å². The molecule has 0 aromatic heterocycles. The van der Waals surface area contributed by atoms with E-state index in [0.717, 1.165) is 5.22 Å². The van der Waals surface area contributed by atoms with Gasteiger partial charge in [-0.05, 0) is 29.9 Å². The molecule has 0 fully saturated rings. The lowest BCUT2D eigenvalue weighted by molar-refractivity contribution is 1.48. The van der Waals surface area contributed by atoms with Gasteiger partial charge in [0.1, 0.15) is 0 Å². The quantitative estimate of drug-likeness (QED) is 0.585. The van der Waals surface area contributed by atoms with Crippen LogP contribution in [0.25, 0.3) is 12.2 Å². The smallest absolute Gasteiger partial charge is 0.0161 e. The Bertz CT molecular complexity index is 383. The van der Waals surface area contributed by atoms with Crippen LogP contribution in [0.3, 0.4) is 0 Å². The van der Waals surface area contributed by atoms with Crippen molar-refractivity contribution in [2.75, 3.05) is 0 Å². The van der Waals surface area contributed by atoms with Crippen molar-refractivity contribution in [2.24, 2.45) is 0 Å². The summed E-state index contributed by atoms with van der Waals surface area (Å²) < 4.78 is 0. The molecular formula is C12H14. The highest BCUT2D eigenvalue weighted by molar-refractivity contribution is 5.53. The van der Waals surface area contributed by atoms with Gasteiger partial charge in [-0.25, -0.2) is 0 Å². The Labute approximate surface area is 73.6 Å². The van der Waals surface area contributed by atoms with Crippen LogP contribution in [0, 0.1) is 0 Å². The normalized spacial score (nSPS) is 13.5. The van der Waals surface area contributed by atoms with Gasteiger partial charge in [0, 0.05) is 0 Å². The second-order valence-corrected chi connectivity index (χ2v) is 2.84. The first-order valence-electron chi connectivity index (χ1n) is 4.13. The van der Waals surface area contributed by atoms with Gasteiger partial charge in [0.15, 0.2) is 0 Å². The topological polar surface area (TPSA) is 0 Å². The summed E-state index contributed by atoms with van der Waals surface area (Å²) in [5.74, 6) is 0. The third-order valence-corrected chi connectivity index (χ3v) is 1.86. The Hall–Kier alpha value is -1.30. The lowest BCUT2D eigenvalue weighted by atomic mass is 10.1. The summed E-state index contributed by atoms with van der Waals surface area (Å²) in [5.41, 5.74) is 1.27. The van der Waals surface area contributed by atoms with Gasteiger partial charge < -0.3 is 0 Å². The van der Waals surface area contributed by atoms with E-state index >= 15 is 0 Å². The maximum atomic E-state index is 3.97. The predicted octanol–water partition coefficient (Wildman–Crippen LogP) is 1.84. The van der Waals surface area contributed by atoms with Crippen molar-refractivity contribution < 1.29 is 0 Å². The van der Waals surface area contributed by atoms with E-state index in [1.807, 2.05) is 31.2 Å². The van der Waals surface area contributed by atoms with Crippen molar-refractivity contribution in [3.8, 4) is 0 Å². The summed E-state index contributed by atoms with van der Waals surface area (Å²) in [7, 11) is 0. The van der Waals surface area contributed by atoms with E-state index < -0.39 is 0 Å². The van der Waals surface area contributed by atoms with Crippen LogP contribution in [-0.4, -0.2) is 0 Å². The van der Waals surface area contributed by atoms with Gasteiger partial charge in [0.25, 0.3) is 0 Å². The number of hydrogen-bond acceptors (Lipinski definition) is 0. The van der Waals surface area contributed by atoms with Crippen LogP contribution in [0.1, 0.15) is 13.8 Å². The van der Waals surface area contributed by atoms with E-state index in [1.54, 1.807) is 0 Å². The SMILES string of the molecule is C=c1cccc/c1=C(C)\C=C/C. The monoisotopic (exact) mass is 158 g/mol. The van der Waals surface area contributed by atoms with E-state index in [9.17, 15) is 0 Å². The van der Waals surface area contributed by atoms with Crippen molar-refractivity contribution in [1.82, 2.24) is 0 Å². The average molecular weight is 158 g/mol. The molecule has 0 nitrogen and oxygen atoms in total. The zero-order chi connectivity index (χ0) is 8.97. The van der Waals surface area contributed by atoms with Crippen molar-refractivity contribution in [3.05, 3.63) is 46.9 Å². The molecule has 1 aromatic carbocycles. The molecule has 0 heteroatoms. The molecule has 0 saturated heterocycles. The van der Waals surface area contributed by atoms with Crippen molar-refractivity contribution in [3.63, 3.8) is 0 Å². The molecule has 1 rings (SSSR count). The largest absolute Gasteiger partial charge is 0.0912 e. The van der Waals surface area contributed by atoms with E-state index in [4.69, 9.17) is 0 Å². The van der Waals surface area contributed by atoms with Gasteiger partial charge in [-0.2, -0.15) is 0 Å². The Morgan fingerprint density at radius 3 is 2.58 bits per heavy atom. The molecule has 0 aliphatic heterocycles. The van der Waals surface area contributed by atoms with Gasteiger partial charge in [-0.15, -0.1) is 0 Å². The molecule has 0 amide bonds. The molecule has 0 bridgehead atoms. The Morgan fingerprint density at radius 2 is 2.00 bits per heavy atom. The number of rotatable bonds is 1. The van der Waals surface area contributed by atoms with Crippen LogP contribution in [-0.2, 0) is 0 Å². The minimum absolute atomic E-state index is 1.09. The number of allylic oxidation sites excluding steroid dienone is 2. The molecule has 0 aliphatic carbocycles. The minimum Gasteiger partial charge on any atom is -0.0912 e. The van der Waals surface area contributed by atoms with E-state index in [0.29, 0.717) is 0 Å². The molecule has 0 unspecified atom stereocenters. The van der Waals surface area contributed by atoms with Crippen molar-refractivity contribution >= 4 is 12.2 Å². The first kappa shape index (κ1) is 8.79. The van der Waals surface area contributed by atoms with E-state index in [-0.39, 0.29) is 0 Å². The summed E-state index contributed by atoms with van der Waals surface area (Å²) in [6.07, 6.45) is 4.14. The molecule has 0 heterocycles. The highest BCUT2D eigenvalue weighted by Crippen LogP contribution is 1.90. The highest BCUT2D eigenvalue weighted by atomic mass is 13.9. The highest BCUT2D eigenvalue weighted by Gasteiger charge is 1.84. The predicted molar refractivity (Wildman–Crippen MR) is 55.1 cm³/mol. The molecule has 12 heavy (non-hydrogen) atoms. The molecule has 0 spiro atoms. The first-order chi connectivity index (χ1) is 5.75. The maximum absolute atomic E-state index is 3.97. The lowest BCUT2D eigenvalue weighted by Crippen LogP contribution is -2.23. The fraction of sp³-hybridized carbons (Fsp3) is 0.167. The minimum atomic E-state index is 1.09. The van der Waals surface area contributed by atoms with Crippen molar-refractivity contribution in [1.29, 1.82) is 0 Å². The molecule has 0 radical (unpaired) electrons. The van der Waals surface area contributed by atoms with Crippen molar-refractivity contribution in [2.45, 2.75) is 13.8 Å². The Morgan fingerprint density at radius 1 is 1.33 bits per heavy atom. The van der Waals surface area contributed by atoms with Crippen LogP contribution in [0.2, 0.25) is 0 Å². The molecule has 0 aliphatic rings. The maximum Gasteiger partial charge on any atom is -0.0161 e. The molecule has 62 valence electrons. The number of hydrogen-bond donors (Lipinski definition) is 0. The molecule has 1 aromatic rings. The Kier molecular flexibility index (Phi) is 2.87. The zero-order valence-electron chi connectivity index (χ0n) is 7.67. The Balaban J connectivity index is 3.45. The van der Waals surface area contributed by atoms with Gasteiger partial charge in [0.05, 0.1) is 0 Å². The fourth-order valence-corrected chi connectivity index (χ4v) is 1.24. The summed E-state index contributed by atoms with van der Waals surface area (Å²) >= 11 is 0. The van der Waals surface area contributed by atoms with Crippen LogP contribution in [0.4, 0.5) is 0 Å². The third kappa shape index (κ3) is 1.85. The molecule has 0 atom stereocenters. The van der Waals surface area contributed by atoms with Crippen LogP contribution in [0.15, 0.2) is 36.4 Å². The molecule has 0 saturated carbocycles. The third-order valence-electron chi connectivity index (χ3n) is 1.86. The molecular weight excluding hydrogens is 144 g/mol. The van der Waals surface area contributed by atoms with Crippen LogP contribution < -0.4 is 10.4 Å². The van der Waals surface area contributed by atoms with Gasteiger partial charge in [-0.1, -0.05) is 43.0 Å². The zero-order valence-corrected chi connectivity index (χ0v) is 7.67. The average Bonchev–Trinajstić information content (AvgIpc) is 2.05. The second kappa shape index (κ2) is 3.91. The second-order valence-electron chi connectivity index (χ2n) is 2.84. The van der Waals surface area contributed by atoms with Gasteiger partial charge in [-0.3, -0.25) is 0 Å². The van der Waals surface area contributed by atoms with Gasteiger partial charge in [0.2, 0.25) is 0 Å². The summed E-state index contributed by atoms with van der Waals surface area (Å²) in [6, 6.07) is 8.17. The lowest BCUT2D eigenvalue weighted by Gasteiger charge is -1.92. The van der Waals surface area contributed by atoms with E-state index in [1.165, 1.54) is 10.8 Å².